The van der Waals surface area contributed by atoms with E-state index in [0.29, 0.717) is 13.1 Å². The molecule has 1 fully saturated rings. The van der Waals surface area contributed by atoms with Gasteiger partial charge in [0.15, 0.2) is 0 Å². The van der Waals surface area contributed by atoms with Crippen LogP contribution in [0.4, 0.5) is 10.5 Å². The second-order valence-electron chi connectivity index (χ2n) is 7.02. The van der Waals surface area contributed by atoms with Crippen molar-refractivity contribution in [3.63, 3.8) is 0 Å². The number of carbonyl (C=O) groups excluding carboxylic acids is 1. The molecule has 23 heavy (non-hydrogen) atoms. The molecule has 6 heteroatoms. The van der Waals surface area contributed by atoms with Crippen molar-refractivity contribution >= 4 is 17.3 Å². The summed E-state index contributed by atoms with van der Waals surface area (Å²) < 4.78 is 7.35. The Hall–Kier alpha value is -2.24. The molecule has 0 aliphatic carbocycles. The van der Waals surface area contributed by atoms with Crippen LogP contribution >= 0.6 is 0 Å². The van der Waals surface area contributed by atoms with E-state index in [1.807, 2.05) is 43.7 Å². The normalized spacial score (nSPS) is 16.0. The van der Waals surface area contributed by atoms with Gasteiger partial charge in [-0.15, -0.1) is 0 Å². The van der Waals surface area contributed by atoms with E-state index in [0.717, 1.165) is 24.3 Å². The molecule has 3 heterocycles. The number of nitrogens with zero attached hydrogens (tertiary/aromatic N) is 4. The quantitative estimate of drug-likeness (QED) is 0.812. The number of hydrogen-bond donors (Lipinski definition) is 0. The first-order valence-corrected chi connectivity index (χ1v) is 8.00. The van der Waals surface area contributed by atoms with Gasteiger partial charge < -0.3 is 14.5 Å². The third kappa shape index (κ3) is 3.41. The van der Waals surface area contributed by atoms with Crippen LogP contribution in [0.1, 0.15) is 26.3 Å². The minimum atomic E-state index is -0.449. The summed E-state index contributed by atoms with van der Waals surface area (Å²) in [4.78, 5) is 16.2. The predicted molar refractivity (Wildman–Crippen MR) is 89.9 cm³/mol. The van der Waals surface area contributed by atoms with Gasteiger partial charge in [0.1, 0.15) is 5.60 Å². The van der Waals surface area contributed by atoms with Crippen LogP contribution in [0.2, 0.25) is 0 Å². The van der Waals surface area contributed by atoms with Crippen molar-refractivity contribution in [3.8, 4) is 0 Å². The average molecular weight is 316 g/mol. The number of hydrogen-bond acceptors (Lipinski definition) is 4. The highest BCUT2D eigenvalue weighted by atomic mass is 16.6. The van der Waals surface area contributed by atoms with E-state index in [1.165, 1.54) is 5.56 Å². The van der Waals surface area contributed by atoms with Crippen LogP contribution in [0.3, 0.4) is 0 Å². The average Bonchev–Trinajstić information content (AvgIpc) is 2.85. The highest BCUT2D eigenvalue weighted by Crippen LogP contribution is 2.24. The number of carbonyl (C=O) groups is 1. The molecule has 1 amide bonds. The first kappa shape index (κ1) is 15.6. The smallest absolute Gasteiger partial charge is 0.410 e. The number of amides is 1. The molecule has 0 aromatic carbocycles. The Labute approximate surface area is 136 Å². The molecule has 0 unspecified atom stereocenters. The number of aryl methyl sites for hydroxylation is 1. The van der Waals surface area contributed by atoms with Gasteiger partial charge in [-0.3, -0.25) is 0 Å². The van der Waals surface area contributed by atoms with Crippen molar-refractivity contribution in [3.05, 3.63) is 30.1 Å². The lowest BCUT2D eigenvalue weighted by Gasteiger charge is -2.36. The Morgan fingerprint density at radius 3 is 2.57 bits per heavy atom. The van der Waals surface area contributed by atoms with Crippen LogP contribution < -0.4 is 4.90 Å². The number of anilines is 1. The second-order valence-corrected chi connectivity index (χ2v) is 7.02. The molecule has 3 rings (SSSR count). The van der Waals surface area contributed by atoms with Gasteiger partial charge in [-0.1, -0.05) is 0 Å². The number of ether oxygens (including phenoxy) is 1. The third-order valence-electron chi connectivity index (χ3n) is 3.90. The molecule has 6 nitrogen and oxygen atoms in total. The van der Waals surface area contributed by atoms with Gasteiger partial charge in [-0.25, -0.2) is 9.31 Å². The Morgan fingerprint density at radius 1 is 1.22 bits per heavy atom. The molecule has 0 bridgehead atoms. The fourth-order valence-electron chi connectivity index (χ4n) is 2.85. The van der Waals surface area contributed by atoms with Crippen molar-refractivity contribution in [1.29, 1.82) is 0 Å². The summed E-state index contributed by atoms with van der Waals surface area (Å²) in [6.07, 6.45) is 3.62. The van der Waals surface area contributed by atoms with Gasteiger partial charge in [0.05, 0.1) is 11.2 Å². The van der Waals surface area contributed by atoms with Gasteiger partial charge in [0.2, 0.25) is 0 Å². The summed E-state index contributed by atoms with van der Waals surface area (Å²) in [5.74, 6) is 0. The van der Waals surface area contributed by atoms with E-state index < -0.39 is 5.60 Å². The molecule has 1 aliphatic heterocycles. The molecular weight excluding hydrogens is 292 g/mol. The lowest BCUT2D eigenvalue weighted by atomic mass is 10.2. The van der Waals surface area contributed by atoms with Gasteiger partial charge in [0.25, 0.3) is 0 Å². The van der Waals surface area contributed by atoms with Crippen LogP contribution in [-0.2, 0) is 4.74 Å². The molecule has 1 aliphatic rings. The van der Waals surface area contributed by atoms with Crippen LogP contribution in [0.25, 0.3) is 5.52 Å². The fraction of sp³-hybridized carbons (Fsp3) is 0.529. The monoisotopic (exact) mass is 316 g/mol. The number of aromatic nitrogens is 2. The van der Waals surface area contributed by atoms with Crippen molar-refractivity contribution in [1.82, 2.24) is 14.5 Å². The summed E-state index contributed by atoms with van der Waals surface area (Å²) in [7, 11) is 0. The zero-order chi connectivity index (χ0) is 16.6. The maximum Gasteiger partial charge on any atom is 0.410 e. The van der Waals surface area contributed by atoms with Crippen LogP contribution in [0, 0.1) is 6.92 Å². The summed E-state index contributed by atoms with van der Waals surface area (Å²) in [5.41, 5.74) is 3.01. The molecule has 0 N–H and O–H groups in total. The molecule has 2 aromatic heterocycles. The summed E-state index contributed by atoms with van der Waals surface area (Å²) >= 11 is 0. The Kier molecular flexibility index (Phi) is 3.92. The van der Waals surface area contributed by atoms with Gasteiger partial charge in [-0.05, 0) is 45.4 Å². The maximum absolute atomic E-state index is 12.1. The largest absolute Gasteiger partial charge is 0.444 e. The molecule has 0 atom stereocenters. The van der Waals surface area contributed by atoms with E-state index in [-0.39, 0.29) is 6.09 Å². The highest BCUT2D eigenvalue weighted by Gasteiger charge is 2.26. The summed E-state index contributed by atoms with van der Waals surface area (Å²) in [6, 6.07) is 4.18. The van der Waals surface area contributed by atoms with Crippen LogP contribution in [-0.4, -0.2) is 52.4 Å². The second kappa shape index (κ2) is 5.76. The zero-order valence-corrected chi connectivity index (χ0v) is 14.2. The Balaban J connectivity index is 1.70. The van der Waals surface area contributed by atoms with Gasteiger partial charge >= 0.3 is 6.09 Å². The molecule has 0 spiro atoms. The van der Waals surface area contributed by atoms with Crippen molar-refractivity contribution < 1.29 is 9.53 Å². The van der Waals surface area contributed by atoms with E-state index in [4.69, 9.17) is 4.74 Å². The van der Waals surface area contributed by atoms with Crippen LogP contribution in [0.15, 0.2) is 24.5 Å². The zero-order valence-electron chi connectivity index (χ0n) is 14.2. The highest BCUT2D eigenvalue weighted by molar-refractivity contribution is 5.74. The van der Waals surface area contributed by atoms with E-state index in [2.05, 4.69) is 23.0 Å². The van der Waals surface area contributed by atoms with Gasteiger partial charge in [0, 0.05) is 38.6 Å². The van der Waals surface area contributed by atoms with E-state index in [1.54, 1.807) is 4.90 Å². The molecule has 2 aromatic rings. The first-order valence-electron chi connectivity index (χ1n) is 8.00. The fourth-order valence-corrected chi connectivity index (χ4v) is 2.85. The molecule has 0 saturated carbocycles. The molecule has 124 valence electrons. The summed E-state index contributed by atoms with van der Waals surface area (Å²) in [5, 5.41) is 4.35. The van der Waals surface area contributed by atoms with Crippen molar-refractivity contribution in [2.75, 3.05) is 31.1 Å². The molecular formula is C17H24N4O2. The van der Waals surface area contributed by atoms with Crippen molar-refractivity contribution in [2.45, 2.75) is 33.3 Å². The lowest BCUT2D eigenvalue weighted by molar-refractivity contribution is 0.0240. The van der Waals surface area contributed by atoms with Crippen molar-refractivity contribution in [2.24, 2.45) is 0 Å². The molecule has 0 radical (unpaired) electrons. The lowest BCUT2D eigenvalue weighted by Crippen LogP contribution is -2.50. The first-order chi connectivity index (χ1) is 10.8. The topological polar surface area (TPSA) is 50.1 Å². The number of fused-ring (bicyclic) bond motifs is 1. The Morgan fingerprint density at radius 2 is 1.91 bits per heavy atom. The minimum absolute atomic E-state index is 0.226. The van der Waals surface area contributed by atoms with Gasteiger partial charge in [-0.2, -0.15) is 5.10 Å². The minimum Gasteiger partial charge on any atom is -0.444 e. The van der Waals surface area contributed by atoms with E-state index in [9.17, 15) is 4.79 Å². The SMILES string of the molecule is Cc1cc2c(N3CCN(C(=O)OC(C)(C)C)CC3)ccnn2c1. The third-order valence-corrected chi connectivity index (χ3v) is 3.90. The maximum atomic E-state index is 12.1. The van der Waals surface area contributed by atoms with Crippen LogP contribution in [0.5, 0.6) is 0 Å². The summed E-state index contributed by atoms with van der Waals surface area (Å²) in [6.45, 7) is 10.7. The Bertz CT molecular complexity index is 709. The number of piperazine rings is 1. The standard InChI is InChI=1S/C17H24N4O2/c1-13-11-15-14(5-6-18-21(15)12-13)19-7-9-20(10-8-19)16(22)23-17(2,3)4/h5-6,11-12H,7-10H2,1-4H3. The predicted octanol–water partition coefficient (Wildman–Crippen LogP) is 2.70. The van der Waals surface area contributed by atoms with E-state index >= 15 is 0 Å². The number of rotatable bonds is 1. The molecule has 1 saturated heterocycles.